The van der Waals surface area contributed by atoms with Crippen molar-refractivity contribution in [1.29, 1.82) is 0 Å². The molecule has 2 unspecified atom stereocenters. The molecule has 0 radical (unpaired) electrons. The Balaban J connectivity index is 0.000000315. The SMILES string of the molecule is CC1CCOC1.CCCOCCC(C)CC. The van der Waals surface area contributed by atoms with Crippen molar-refractivity contribution >= 4 is 0 Å². The summed E-state index contributed by atoms with van der Waals surface area (Å²) >= 11 is 0. The number of ether oxygens (including phenoxy) is 2. The lowest BCUT2D eigenvalue weighted by Gasteiger charge is -2.07. The summed E-state index contributed by atoms with van der Waals surface area (Å²) in [5.41, 5.74) is 0. The van der Waals surface area contributed by atoms with Gasteiger partial charge in [-0.2, -0.15) is 0 Å². The lowest BCUT2D eigenvalue weighted by atomic mass is 10.1. The Morgan fingerprint density at radius 2 is 2.06 bits per heavy atom. The van der Waals surface area contributed by atoms with Gasteiger partial charge in [0, 0.05) is 26.4 Å². The highest BCUT2D eigenvalue weighted by atomic mass is 16.5. The van der Waals surface area contributed by atoms with Crippen molar-refractivity contribution in [2.45, 2.75) is 53.4 Å². The van der Waals surface area contributed by atoms with Gasteiger partial charge in [-0.15, -0.1) is 0 Å². The zero-order valence-electron chi connectivity index (χ0n) is 11.6. The molecule has 0 saturated carbocycles. The van der Waals surface area contributed by atoms with Gasteiger partial charge in [-0.25, -0.2) is 0 Å². The van der Waals surface area contributed by atoms with Crippen LogP contribution in [-0.2, 0) is 9.47 Å². The summed E-state index contributed by atoms with van der Waals surface area (Å²) in [5, 5.41) is 0. The van der Waals surface area contributed by atoms with E-state index < -0.39 is 0 Å². The summed E-state index contributed by atoms with van der Waals surface area (Å²) < 4.78 is 10.4. The van der Waals surface area contributed by atoms with Crippen LogP contribution in [-0.4, -0.2) is 26.4 Å². The van der Waals surface area contributed by atoms with Crippen LogP contribution in [0.3, 0.4) is 0 Å². The zero-order valence-corrected chi connectivity index (χ0v) is 11.6. The van der Waals surface area contributed by atoms with Crippen molar-refractivity contribution in [3.8, 4) is 0 Å². The van der Waals surface area contributed by atoms with Crippen molar-refractivity contribution in [3.05, 3.63) is 0 Å². The van der Waals surface area contributed by atoms with E-state index in [1.54, 1.807) is 0 Å². The van der Waals surface area contributed by atoms with Crippen LogP contribution < -0.4 is 0 Å². The topological polar surface area (TPSA) is 18.5 Å². The Morgan fingerprint density at radius 1 is 1.31 bits per heavy atom. The fourth-order valence-electron chi connectivity index (χ4n) is 1.39. The second-order valence-corrected chi connectivity index (χ2v) is 4.88. The minimum absolute atomic E-state index is 0.824. The predicted molar refractivity (Wildman–Crippen MR) is 69.8 cm³/mol. The molecular formula is C14H30O2. The first kappa shape index (κ1) is 15.9. The van der Waals surface area contributed by atoms with E-state index in [0.717, 1.165) is 44.7 Å². The van der Waals surface area contributed by atoms with E-state index in [2.05, 4.69) is 27.7 Å². The molecule has 1 aliphatic heterocycles. The Labute approximate surface area is 102 Å². The fourth-order valence-corrected chi connectivity index (χ4v) is 1.39. The molecule has 0 aliphatic carbocycles. The number of hydrogen-bond acceptors (Lipinski definition) is 2. The van der Waals surface area contributed by atoms with Crippen LogP contribution >= 0.6 is 0 Å². The van der Waals surface area contributed by atoms with E-state index in [1.165, 1.54) is 19.3 Å². The molecule has 16 heavy (non-hydrogen) atoms. The van der Waals surface area contributed by atoms with Gasteiger partial charge in [0.05, 0.1) is 0 Å². The zero-order chi connectivity index (χ0) is 12.2. The largest absolute Gasteiger partial charge is 0.381 e. The molecule has 0 spiro atoms. The Morgan fingerprint density at radius 3 is 2.44 bits per heavy atom. The highest BCUT2D eigenvalue weighted by Gasteiger charge is 2.07. The van der Waals surface area contributed by atoms with Gasteiger partial charge in [0.2, 0.25) is 0 Å². The standard InChI is InChI=1S/C9H20O.C5H10O/c1-4-7-10-8-6-9(3)5-2;1-5-2-3-6-4-5/h9H,4-8H2,1-3H3;5H,2-4H2,1H3. The van der Waals surface area contributed by atoms with Gasteiger partial charge in [-0.1, -0.05) is 34.1 Å². The van der Waals surface area contributed by atoms with E-state index in [9.17, 15) is 0 Å². The van der Waals surface area contributed by atoms with E-state index in [-0.39, 0.29) is 0 Å². The van der Waals surface area contributed by atoms with Crippen molar-refractivity contribution in [2.75, 3.05) is 26.4 Å². The molecule has 1 saturated heterocycles. The molecule has 0 amide bonds. The number of rotatable bonds is 6. The summed E-state index contributed by atoms with van der Waals surface area (Å²) in [6.45, 7) is 12.7. The second kappa shape index (κ2) is 11.4. The molecule has 0 N–H and O–H groups in total. The molecule has 1 aliphatic rings. The fraction of sp³-hybridized carbons (Fsp3) is 1.00. The van der Waals surface area contributed by atoms with Gasteiger partial charge in [0.1, 0.15) is 0 Å². The van der Waals surface area contributed by atoms with Crippen molar-refractivity contribution < 1.29 is 9.47 Å². The Bertz CT molecular complexity index is 131. The van der Waals surface area contributed by atoms with Crippen LogP contribution in [0.4, 0.5) is 0 Å². The third-order valence-electron chi connectivity index (χ3n) is 2.96. The quantitative estimate of drug-likeness (QED) is 0.644. The van der Waals surface area contributed by atoms with Crippen molar-refractivity contribution in [3.63, 3.8) is 0 Å². The maximum atomic E-state index is 5.36. The Kier molecular flexibility index (Phi) is 11.3. The average Bonchev–Trinajstić information content (AvgIpc) is 2.76. The van der Waals surface area contributed by atoms with E-state index in [4.69, 9.17) is 9.47 Å². The maximum absolute atomic E-state index is 5.36. The monoisotopic (exact) mass is 230 g/mol. The van der Waals surface area contributed by atoms with Gasteiger partial charge in [0.25, 0.3) is 0 Å². The van der Waals surface area contributed by atoms with Crippen LogP contribution in [0.5, 0.6) is 0 Å². The molecule has 0 aromatic rings. The van der Waals surface area contributed by atoms with Gasteiger partial charge in [0.15, 0.2) is 0 Å². The van der Waals surface area contributed by atoms with Crippen LogP contribution in [0.1, 0.15) is 53.4 Å². The second-order valence-electron chi connectivity index (χ2n) is 4.88. The molecule has 1 heterocycles. The summed E-state index contributed by atoms with van der Waals surface area (Å²) in [6, 6.07) is 0. The lowest BCUT2D eigenvalue weighted by Crippen LogP contribution is -2.01. The van der Waals surface area contributed by atoms with Crippen molar-refractivity contribution in [1.82, 2.24) is 0 Å². The molecule has 2 heteroatoms. The molecule has 2 atom stereocenters. The highest BCUT2D eigenvalue weighted by Crippen LogP contribution is 2.09. The summed E-state index contributed by atoms with van der Waals surface area (Å²) in [5.74, 6) is 1.65. The summed E-state index contributed by atoms with van der Waals surface area (Å²) in [6.07, 6.45) is 4.90. The van der Waals surface area contributed by atoms with Crippen LogP contribution in [0.2, 0.25) is 0 Å². The summed E-state index contributed by atoms with van der Waals surface area (Å²) in [4.78, 5) is 0. The van der Waals surface area contributed by atoms with Gasteiger partial charge in [-0.3, -0.25) is 0 Å². The van der Waals surface area contributed by atoms with Crippen LogP contribution in [0, 0.1) is 11.8 Å². The maximum Gasteiger partial charge on any atom is 0.0492 e. The first-order valence-electron chi connectivity index (χ1n) is 6.86. The average molecular weight is 230 g/mol. The molecule has 1 rings (SSSR count). The molecule has 2 nitrogen and oxygen atoms in total. The number of hydrogen-bond donors (Lipinski definition) is 0. The molecular weight excluding hydrogens is 200 g/mol. The lowest BCUT2D eigenvalue weighted by molar-refractivity contribution is 0.122. The molecule has 1 fully saturated rings. The Hall–Kier alpha value is -0.0800. The minimum atomic E-state index is 0.824. The minimum Gasteiger partial charge on any atom is -0.381 e. The summed E-state index contributed by atoms with van der Waals surface area (Å²) in [7, 11) is 0. The molecule has 98 valence electrons. The van der Waals surface area contributed by atoms with Gasteiger partial charge in [-0.05, 0) is 31.1 Å². The van der Waals surface area contributed by atoms with Gasteiger partial charge < -0.3 is 9.47 Å². The van der Waals surface area contributed by atoms with Crippen molar-refractivity contribution in [2.24, 2.45) is 11.8 Å². The van der Waals surface area contributed by atoms with Crippen LogP contribution in [0.25, 0.3) is 0 Å². The molecule has 0 aromatic carbocycles. The van der Waals surface area contributed by atoms with Crippen LogP contribution in [0.15, 0.2) is 0 Å². The normalized spacial score (nSPS) is 21.4. The first-order valence-corrected chi connectivity index (χ1v) is 6.86. The molecule has 0 aromatic heterocycles. The smallest absolute Gasteiger partial charge is 0.0492 e. The van der Waals surface area contributed by atoms with E-state index in [1.807, 2.05) is 0 Å². The van der Waals surface area contributed by atoms with E-state index >= 15 is 0 Å². The highest BCUT2D eigenvalue weighted by molar-refractivity contribution is 4.55. The van der Waals surface area contributed by atoms with Gasteiger partial charge >= 0.3 is 0 Å². The third kappa shape index (κ3) is 10.4. The predicted octanol–water partition coefficient (Wildman–Crippen LogP) is 3.89. The third-order valence-corrected chi connectivity index (χ3v) is 2.96. The first-order chi connectivity index (χ1) is 7.70. The molecule has 0 bridgehead atoms. The van der Waals surface area contributed by atoms with E-state index in [0.29, 0.717) is 0 Å².